The van der Waals surface area contributed by atoms with E-state index in [2.05, 4.69) is 18.9 Å². The third-order valence-corrected chi connectivity index (χ3v) is 7.03. The van der Waals surface area contributed by atoms with Gasteiger partial charge < -0.3 is 9.15 Å². The Kier molecular flexibility index (Phi) is 5.57. The van der Waals surface area contributed by atoms with Crippen LogP contribution in [-0.4, -0.2) is 15.7 Å². The van der Waals surface area contributed by atoms with E-state index in [1.165, 1.54) is 23.0 Å². The molecule has 0 aliphatic rings. The van der Waals surface area contributed by atoms with Crippen molar-refractivity contribution in [3.05, 3.63) is 92.3 Å². The molecule has 0 saturated heterocycles. The van der Waals surface area contributed by atoms with Crippen molar-refractivity contribution in [3.63, 3.8) is 0 Å². The van der Waals surface area contributed by atoms with E-state index in [4.69, 9.17) is 9.15 Å². The number of hydrogen-bond donors (Lipinski definition) is 0. The van der Waals surface area contributed by atoms with Crippen molar-refractivity contribution in [2.24, 2.45) is 0 Å². The highest BCUT2D eigenvalue weighted by Crippen LogP contribution is 2.31. The Morgan fingerprint density at radius 2 is 1.85 bits per heavy atom. The summed E-state index contributed by atoms with van der Waals surface area (Å²) >= 11 is 1.34. The molecule has 5 rings (SSSR count). The molecule has 0 fully saturated rings. The largest absolute Gasteiger partial charge is 0.457 e. The molecule has 172 valence electrons. The fraction of sp³-hybridized carbons (Fsp3) is 0.222. The number of benzene rings is 2. The van der Waals surface area contributed by atoms with Crippen LogP contribution in [0, 0.1) is 13.8 Å². The lowest BCUT2D eigenvalue weighted by atomic mass is 9.95. The summed E-state index contributed by atoms with van der Waals surface area (Å²) in [6, 6.07) is 16.9. The fourth-order valence-electron chi connectivity index (χ4n) is 4.24. The van der Waals surface area contributed by atoms with Crippen LogP contribution in [0.3, 0.4) is 0 Å². The van der Waals surface area contributed by atoms with Crippen LogP contribution in [0.15, 0.2) is 63.8 Å². The Morgan fingerprint density at radius 3 is 2.59 bits per heavy atom. The molecule has 6 nitrogen and oxygen atoms in total. The molecule has 0 saturated carbocycles. The summed E-state index contributed by atoms with van der Waals surface area (Å²) in [6.07, 6.45) is 0. The van der Waals surface area contributed by atoms with Gasteiger partial charge >= 0.3 is 11.6 Å². The summed E-state index contributed by atoms with van der Waals surface area (Å²) in [4.78, 5) is 26.5. The number of hydrogen-bond acceptors (Lipinski definition) is 6. The van der Waals surface area contributed by atoms with Gasteiger partial charge in [0.1, 0.15) is 21.9 Å². The van der Waals surface area contributed by atoms with Crippen LogP contribution in [0.2, 0.25) is 0 Å². The zero-order chi connectivity index (χ0) is 24.0. The predicted molar refractivity (Wildman–Crippen MR) is 134 cm³/mol. The number of carbonyl (C=O) groups excluding carboxylic acids is 1. The van der Waals surface area contributed by atoms with E-state index in [0.29, 0.717) is 21.9 Å². The van der Waals surface area contributed by atoms with Crippen molar-refractivity contribution in [2.75, 3.05) is 0 Å². The summed E-state index contributed by atoms with van der Waals surface area (Å²) in [5.41, 5.74) is 4.68. The molecule has 0 bridgehead atoms. The maximum Gasteiger partial charge on any atom is 0.348 e. The van der Waals surface area contributed by atoms with Gasteiger partial charge in [0, 0.05) is 22.4 Å². The normalized spacial score (nSPS) is 11.6. The Morgan fingerprint density at radius 1 is 1.09 bits per heavy atom. The second-order valence-corrected chi connectivity index (χ2v) is 9.72. The van der Waals surface area contributed by atoms with E-state index in [0.717, 1.165) is 32.5 Å². The summed E-state index contributed by atoms with van der Waals surface area (Å²) in [6.45, 7) is 8.15. The van der Waals surface area contributed by atoms with E-state index in [1.807, 2.05) is 67.1 Å². The van der Waals surface area contributed by atoms with Crippen LogP contribution in [-0.2, 0) is 11.3 Å². The second kappa shape index (κ2) is 8.57. The molecule has 2 aromatic carbocycles. The first-order valence-electron chi connectivity index (χ1n) is 11.1. The standard InChI is InChI=1S/C27H24N2O4S/c1-15(2)20-12-22-18(11-25(30)33-23(22)10-16(20)3)14-32-27(31)24-13-21-17(4)28-29(26(21)34-24)19-8-6-5-7-9-19/h5-13,15H,14H2,1-4H3. The van der Waals surface area contributed by atoms with Crippen LogP contribution >= 0.6 is 11.3 Å². The minimum atomic E-state index is -0.462. The molecule has 0 aliphatic carbocycles. The number of esters is 1. The van der Waals surface area contributed by atoms with Crippen molar-refractivity contribution in [1.82, 2.24) is 9.78 Å². The quantitative estimate of drug-likeness (QED) is 0.222. The zero-order valence-electron chi connectivity index (χ0n) is 19.4. The summed E-state index contributed by atoms with van der Waals surface area (Å²) < 4.78 is 12.9. The lowest BCUT2D eigenvalue weighted by Gasteiger charge is -2.13. The minimum absolute atomic E-state index is 0.0143. The predicted octanol–water partition coefficient (Wildman–Crippen LogP) is 6.29. The molecule has 3 heterocycles. The smallest absolute Gasteiger partial charge is 0.348 e. The molecule has 0 radical (unpaired) electrons. The fourth-order valence-corrected chi connectivity index (χ4v) is 5.32. The van der Waals surface area contributed by atoms with Crippen molar-refractivity contribution < 1.29 is 13.9 Å². The molecular weight excluding hydrogens is 448 g/mol. The minimum Gasteiger partial charge on any atom is -0.457 e. The molecule has 34 heavy (non-hydrogen) atoms. The number of ether oxygens (including phenoxy) is 1. The number of aromatic nitrogens is 2. The van der Waals surface area contributed by atoms with E-state index < -0.39 is 11.6 Å². The zero-order valence-corrected chi connectivity index (χ0v) is 20.2. The van der Waals surface area contributed by atoms with Crippen molar-refractivity contribution in [2.45, 2.75) is 40.2 Å². The van der Waals surface area contributed by atoms with Gasteiger partial charge in [-0.25, -0.2) is 14.3 Å². The van der Waals surface area contributed by atoms with Gasteiger partial charge in [-0.05, 0) is 61.2 Å². The Hall–Kier alpha value is -3.71. The first kappa shape index (κ1) is 22.1. The third kappa shape index (κ3) is 3.92. The Bertz CT molecular complexity index is 1590. The highest BCUT2D eigenvalue weighted by atomic mass is 32.1. The van der Waals surface area contributed by atoms with Crippen molar-refractivity contribution in [3.8, 4) is 5.69 Å². The third-order valence-electron chi connectivity index (χ3n) is 5.94. The number of aryl methyl sites for hydroxylation is 2. The monoisotopic (exact) mass is 472 g/mol. The molecular formula is C27H24N2O4S. The van der Waals surface area contributed by atoms with E-state index >= 15 is 0 Å². The number of carbonyl (C=O) groups is 1. The molecule has 0 unspecified atom stereocenters. The molecule has 0 atom stereocenters. The number of rotatable bonds is 5. The number of para-hydroxylation sites is 1. The van der Waals surface area contributed by atoms with Gasteiger partial charge in [0.05, 0.1) is 11.4 Å². The van der Waals surface area contributed by atoms with Crippen LogP contribution in [0.1, 0.15) is 51.8 Å². The highest BCUT2D eigenvalue weighted by molar-refractivity contribution is 7.20. The summed E-state index contributed by atoms with van der Waals surface area (Å²) in [7, 11) is 0. The van der Waals surface area contributed by atoms with E-state index in [-0.39, 0.29) is 6.61 Å². The van der Waals surface area contributed by atoms with Gasteiger partial charge in [-0.15, -0.1) is 11.3 Å². The molecule has 0 spiro atoms. The SMILES string of the molecule is Cc1cc2oc(=O)cc(COC(=O)c3cc4c(C)nn(-c5ccccc5)c4s3)c2cc1C(C)C. The Balaban J connectivity index is 1.46. The molecule has 7 heteroatoms. The average molecular weight is 473 g/mol. The van der Waals surface area contributed by atoms with Crippen molar-refractivity contribution in [1.29, 1.82) is 0 Å². The number of fused-ring (bicyclic) bond motifs is 2. The molecule has 0 N–H and O–H groups in total. The molecule has 0 aliphatic heterocycles. The first-order valence-corrected chi connectivity index (χ1v) is 11.9. The number of nitrogens with zero attached hydrogens (tertiary/aromatic N) is 2. The van der Waals surface area contributed by atoms with Crippen LogP contribution < -0.4 is 5.63 Å². The number of thiophene rings is 1. The van der Waals surface area contributed by atoms with Crippen LogP contribution in [0.25, 0.3) is 26.9 Å². The van der Waals surface area contributed by atoms with Crippen molar-refractivity contribution >= 4 is 38.5 Å². The highest BCUT2D eigenvalue weighted by Gasteiger charge is 2.19. The molecule has 3 aromatic heterocycles. The van der Waals surface area contributed by atoms with E-state index in [1.54, 1.807) is 0 Å². The van der Waals surface area contributed by atoms with Crippen LogP contribution in [0.4, 0.5) is 0 Å². The maximum atomic E-state index is 13.0. The lowest BCUT2D eigenvalue weighted by molar-refractivity contribution is 0.0479. The molecule has 5 aromatic rings. The average Bonchev–Trinajstić information content (AvgIpc) is 3.37. The van der Waals surface area contributed by atoms with Gasteiger partial charge in [0.15, 0.2) is 0 Å². The van der Waals surface area contributed by atoms with E-state index in [9.17, 15) is 9.59 Å². The van der Waals surface area contributed by atoms with Gasteiger partial charge in [-0.3, -0.25) is 0 Å². The first-order chi connectivity index (χ1) is 16.3. The van der Waals surface area contributed by atoms with Gasteiger partial charge in [0.2, 0.25) is 0 Å². The lowest BCUT2D eigenvalue weighted by Crippen LogP contribution is -2.07. The maximum absolute atomic E-state index is 13.0. The van der Waals surface area contributed by atoms with Crippen LogP contribution in [0.5, 0.6) is 0 Å². The molecule has 0 amide bonds. The summed E-state index contributed by atoms with van der Waals surface area (Å²) in [5, 5.41) is 6.32. The van der Waals surface area contributed by atoms with Gasteiger partial charge in [-0.2, -0.15) is 5.10 Å². The Labute approximate surface area is 200 Å². The van der Waals surface area contributed by atoms with Gasteiger partial charge in [0.25, 0.3) is 0 Å². The van der Waals surface area contributed by atoms with Gasteiger partial charge in [-0.1, -0.05) is 32.0 Å². The summed E-state index contributed by atoms with van der Waals surface area (Å²) in [5.74, 6) is -0.115. The second-order valence-electron chi connectivity index (χ2n) is 8.69. The topological polar surface area (TPSA) is 74.3 Å².